The van der Waals surface area contributed by atoms with Crippen molar-refractivity contribution in [2.45, 2.75) is 45.6 Å². The fourth-order valence-corrected chi connectivity index (χ4v) is 5.19. The van der Waals surface area contributed by atoms with Crippen molar-refractivity contribution in [1.29, 1.82) is 0 Å². The highest BCUT2D eigenvalue weighted by molar-refractivity contribution is 7.92. The Balaban J connectivity index is 1.70. The molecule has 0 bridgehead atoms. The lowest BCUT2D eigenvalue weighted by Crippen LogP contribution is -2.50. The average Bonchev–Trinajstić information content (AvgIpc) is 3.32. The SMILES string of the molecule is CCNC(=O)C(CC)N(CCc1ccccc1)C(=O)CCCN(c1ccc2c(c1)OCO2)S(C)(=O)=O. The minimum atomic E-state index is -3.59. The van der Waals surface area contributed by atoms with Crippen LogP contribution in [0.5, 0.6) is 11.5 Å². The number of anilines is 1. The van der Waals surface area contributed by atoms with Crippen molar-refractivity contribution in [3.63, 3.8) is 0 Å². The van der Waals surface area contributed by atoms with Crippen molar-refractivity contribution in [2.24, 2.45) is 0 Å². The third-order valence-corrected chi connectivity index (χ3v) is 7.21. The monoisotopic (exact) mass is 517 g/mol. The number of rotatable bonds is 13. The molecule has 0 spiro atoms. The third-order valence-electron chi connectivity index (χ3n) is 6.02. The summed E-state index contributed by atoms with van der Waals surface area (Å²) in [6.07, 6.45) is 2.65. The molecule has 1 N–H and O–H groups in total. The molecule has 0 radical (unpaired) electrons. The number of nitrogens with zero attached hydrogens (tertiary/aromatic N) is 2. The van der Waals surface area contributed by atoms with E-state index in [9.17, 15) is 18.0 Å². The van der Waals surface area contributed by atoms with Crippen LogP contribution in [-0.2, 0) is 26.0 Å². The van der Waals surface area contributed by atoms with Gasteiger partial charge in [0.1, 0.15) is 6.04 Å². The van der Waals surface area contributed by atoms with Crippen molar-refractivity contribution < 1.29 is 27.5 Å². The fourth-order valence-electron chi connectivity index (χ4n) is 4.23. The van der Waals surface area contributed by atoms with Gasteiger partial charge in [-0.1, -0.05) is 37.3 Å². The number of hydrogen-bond donors (Lipinski definition) is 1. The Morgan fingerprint density at radius 1 is 1.03 bits per heavy atom. The summed E-state index contributed by atoms with van der Waals surface area (Å²) in [7, 11) is -3.59. The van der Waals surface area contributed by atoms with Gasteiger partial charge in [-0.25, -0.2) is 8.42 Å². The molecular weight excluding hydrogens is 482 g/mol. The van der Waals surface area contributed by atoms with Gasteiger partial charge in [0.15, 0.2) is 11.5 Å². The molecule has 0 saturated carbocycles. The number of ether oxygens (including phenoxy) is 2. The zero-order valence-electron chi connectivity index (χ0n) is 21.1. The molecule has 0 aliphatic carbocycles. The van der Waals surface area contributed by atoms with Crippen LogP contribution in [-0.4, -0.2) is 63.9 Å². The van der Waals surface area contributed by atoms with E-state index >= 15 is 0 Å². The molecule has 1 aliphatic rings. The van der Waals surface area contributed by atoms with Crippen molar-refractivity contribution in [3.05, 3.63) is 54.1 Å². The Bertz CT molecular complexity index is 1140. The van der Waals surface area contributed by atoms with Gasteiger partial charge >= 0.3 is 0 Å². The highest BCUT2D eigenvalue weighted by Gasteiger charge is 2.28. The van der Waals surface area contributed by atoms with Gasteiger partial charge < -0.3 is 19.7 Å². The average molecular weight is 518 g/mol. The predicted octanol–water partition coefficient (Wildman–Crippen LogP) is 2.95. The first-order valence-electron chi connectivity index (χ1n) is 12.2. The van der Waals surface area contributed by atoms with Crippen LogP contribution < -0.4 is 19.1 Å². The Labute approximate surface area is 213 Å². The molecular formula is C26H35N3O6S. The maximum absolute atomic E-state index is 13.3. The number of carbonyl (C=O) groups is 2. The van der Waals surface area contributed by atoms with Crippen molar-refractivity contribution in [1.82, 2.24) is 10.2 Å². The Kier molecular flexibility index (Phi) is 9.58. The molecule has 2 aromatic carbocycles. The Morgan fingerprint density at radius 2 is 1.75 bits per heavy atom. The summed E-state index contributed by atoms with van der Waals surface area (Å²) in [6, 6.07) is 14.2. The van der Waals surface area contributed by atoms with Gasteiger partial charge in [0.2, 0.25) is 28.6 Å². The topological polar surface area (TPSA) is 105 Å². The lowest BCUT2D eigenvalue weighted by atomic mass is 10.1. The van der Waals surface area contributed by atoms with E-state index in [1.165, 1.54) is 4.31 Å². The van der Waals surface area contributed by atoms with Crippen LogP contribution in [0.4, 0.5) is 5.69 Å². The second-order valence-corrected chi connectivity index (χ2v) is 10.5. The Hall–Kier alpha value is -3.27. The second kappa shape index (κ2) is 12.6. The molecule has 10 heteroatoms. The van der Waals surface area contributed by atoms with Gasteiger partial charge in [0.25, 0.3) is 0 Å². The molecule has 1 heterocycles. The molecule has 1 atom stereocenters. The summed E-state index contributed by atoms with van der Waals surface area (Å²) >= 11 is 0. The van der Waals surface area contributed by atoms with Crippen LogP contribution >= 0.6 is 0 Å². The number of amides is 2. The molecule has 3 rings (SSSR count). The largest absolute Gasteiger partial charge is 0.454 e. The highest BCUT2D eigenvalue weighted by atomic mass is 32.2. The van der Waals surface area contributed by atoms with E-state index in [0.717, 1.165) is 11.8 Å². The lowest BCUT2D eigenvalue weighted by molar-refractivity contribution is -0.140. The maximum Gasteiger partial charge on any atom is 0.242 e. The van der Waals surface area contributed by atoms with Crippen LogP contribution in [0.15, 0.2) is 48.5 Å². The summed E-state index contributed by atoms with van der Waals surface area (Å²) in [4.78, 5) is 27.7. The van der Waals surface area contributed by atoms with E-state index in [1.807, 2.05) is 44.2 Å². The molecule has 1 aliphatic heterocycles. The first-order chi connectivity index (χ1) is 17.2. The normalized spacial score (nSPS) is 13.2. The zero-order chi connectivity index (χ0) is 26.1. The number of benzene rings is 2. The lowest BCUT2D eigenvalue weighted by Gasteiger charge is -2.31. The van der Waals surface area contributed by atoms with Gasteiger partial charge in [-0.05, 0) is 43.9 Å². The van der Waals surface area contributed by atoms with Crippen molar-refractivity contribution in [3.8, 4) is 11.5 Å². The predicted molar refractivity (Wildman–Crippen MR) is 139 cm³/mol. The maximum atomic E-state index is 13.3. The summed E-state index contributed by atoms with van der Waals surface area (Å²) < 4.78 is 37.0. The number of hydrogen-bond acceptors (Lipinski definition) is 6. The molecule has 2 aromatic rings. The van der Waals surface area contributed by atoms with Crippen LogP contribution in [0.25, 0.3) is 0 Å². The van der Waals surface area contributed by atoms with Gasteiger partial charge in [-0.15, -0.1) is 0 Å². The number of carbonyl (C=O) groups excluding carboxylic acids is 2. The molecule has 9 nitrogen and oxygen atoms in total. The van der Waals surface area contributed by atoms with E-state index in [4.69, 9.17) is 9.47 Å². The minimum absolute atomic E-state index is 0.0924. The smallest absolute Gasteiger partial charge is 0.242 e. The molecule has 1 unspecified atom stereocenters. The number of fused-ring (bicyclic) bond motifs is 1. The fraction of sp³-hybridized carbons (Fsp3) is 0.462. The standard InChI is InChI=1S/C26H35N3O6S/c1-4-22(26(31)27-5-2)28(17-15-20-10-7-6-8-11-20)25(30)12-9-16-29(36(3,32)33)21-13-14-23-24(18-21)35-19-34-23/h6-8,10-11,13-14,18,22H,4-5,9,12,15-17,19H2,1-3H3,(H,27,31). The first kappa shape index (κ1) is 27.3. The van der Waals surface area contributed by atoms with E-state index < -0.39 is 16.1 Å². The van der Waals surface area contributed by atoms with Crippen molar-refractivity contribution >= 4 is 27.5 Å². The van der Waals surface area contributed by atoms with E-state index in [1.54, 1.807) is 23.1 Å². The molecule has 196 valence electrons. The minimum Gasteiger partial charge on any atom is -0.454 e. The van der Waals surface area contributed by atoms with Crippen LogP contribution in [0.2, 0.25) is 0 Å². The number of likely N-dealkylation sites (N-methyl/N-ethyl adjacent to an activating group) is 1. The number of nitrogens with one attached hydrogen (secondary N) is 1. The molecule has 36 heavy (non-hydrogen) atoms. The first-order valence-corrected chi connectivity index (χ1v) is 14.1. The van der Waals surface area contributed by atoms with Crippen molar-refractivity contribution in [2.75, 3.05) is 37.0 Å². The van der Waals surface area contributed by atoms with Gasteiger partial charge in [0, 0.05) is 32.1 Å². The molecule has 0 aromatic heterocycles. The van der Waals surface area contributed by atoms with Gasteiger partial charge in [-0.2, -0.15) is 0 Å². The third kappa shape index (κ3) is 7.13. The van der Waals surface area contributed by atoms with Gasteiger partial charge in [0.05, 0.1) is 11.9 Å². The molecule has 0 fully saturated rings. The summed E-state index contributed by atoms with van der Waals surface area (Å²) in [5.41, 5.74) is 1.52. The quantitative estimate of drug-likeness (QED) is 0.438. The second-order valence-electron chi connectivity index (χ2n) is 8.62. The van der Waals surface area contributed by atoms with Gasteiger partial charge in [-0.3, -0.25) is 13.9 Å². The zero-order valence-corrected chi connectivity index (χ0v) is 21.9. The van der Waals surface area contributed by atoms with E-state index in [0.29, 0.717) is 49.5 Å². The highest BCUT2D eigenvalue weighted by Crippen LogP contribution is 2.36. The molecule has 0 saturated heterocycles. The van der Waals surface area contributed by atoms with E-state index in [2.05, 4.69) is 5.32 Å². The number of sulfonamides is 1. The molecule has 2 amide bonds. The van der Waals surface area contributed by atoms with E-state index in [-0.39, 0.29) is 31.6 Å². The Morgan fingerprint density at radius 3 is 2.42 bits per heavy atom. The van der Waals surface area contributed by atoms with Crippen LogP contribution in [0.3, 0.4) is 0 Å². The van der Waals surface area contributed by atoms with Crippen LogP contribution in [0.1, 0.15) is 38.7 Å². The summed E-state index contributed by atoms with van der Waals surface area (Å²) in [6.45, 7) is 4.82. The summed E-state index contributed by atoms with van der Waals surface area (Å²) in [5.74, 6) is 0.687. The van der Waals surface area contributed by atoms with Crippen LogP contribution in [0, 0.1) is 0 Å². The summed E-state index contributed by atoms with van der Waals surface area (Å²) in [5, 5.41) is 2.82.